The zero-order valence-corrected chi connectivity index (χ0v) is 18.4. The summed E-state index contributed by atoms with van der Waals surface area (Å²) in [7, 11) is 6.52. The molecule has 0 aliphatic carbocycles. The van der Waals surface area contributed by atoms with Crippen LogP contribution in [0.1, 0.15) is 29.2 Å². The summed E-state index contributed by atoms with van der Waals surface area (Å²) in [5, 5.41) is 0. The van der Waals surface area contributed by atoms with Gasteiger partial charge in [-0.05, 0) is 54.5 Å². The van der Waals surface area contributed by atoms with Crippen molar-refractivity contribution in [1.29, 1.82) is 0 Å². The lowest BCUT2D eigenvalue weighted by molar-refractivity contribution is 0.0949. The van der Waals surface area contributed by atoms with Crippen molar-refractivity contribution >= 4 is 11.8 Å². The summed E-state index contributed by atoms with van der Waals surface area (Å²) in [6.45, 7) is 2.07. The molecule has 4 rings (SSSR count). The van der Waals surface area contributed by atoms with Gasteiger partial charge in [-0.2, -0.15) is 0 Å². The minimum absolute atomic E-state index is 0.643. The summed E-state index contributed by atoms with van der Waals surface area (Å²) in [5.74, 6) is 3.37. The molecule has 0 bridgehead atoms. The smallest absolute Gasteiger partial charge is 0.161 e. The Labute approximate surface area is 182 Å². The van der Waals surface area contributed by atoms with E-state index in [9.17, 15) is 0 Å². The largest absolute Gasteiger partial charge is 0.493 e. The Morgan fingerprint density at radius 1 is 0.677 bits per heavy atom. The maximum atomic E-state index is 6.69. The molecule has 1 aliphatic heterocycles. The number of hydrogen-bond donors (Lipinski definition) is 0. The average Bonchev–Trinajstić information content (AvgIpc) is 2.83. The van der Waals surface area contributed by atoms with Crippen molar-refractivity contribution in [2.75, 3.05) is 28.4 Å². The molecule has 160 valence electrons. The maximum absolute atomic E-state index is 6.69. The molecule has 0 radical (unpaired) electrons. The van der Waals surface area contributed by atoms with Gasteiger partial charge < -0.3 is 23.7 Å². The molecule has 1 unspecified atom stereocenters. The first-order chi connectivity index (χ1) is 15.0. The Morgan fingerprint density at radius 3 is 1.94 bits per heavy atom. The number of rotatable bonds is 6. The zero-order chi connectivity index (χ0) is 22.0. The minimum atomic E-state index is -0.729. The molecule has 3 aromatic carbocycles. The molecular formula is C26H26O5. The van der Waals surface area contributed by atoms with Gasteiger partial charge >= 0.3 is 0 Å². The first-order valence-electron chi connectivity index (χ1n) is 9.99. The van der Waals surface area contributed by atoms with E-state index in [4.69, 9.17) is 23.7 Å². The van der Waals surface area contributed by atoms with Crippen LogP contribution in [0.15, 0.2) is 60.7 Å². The molecule has 1 heterocycles. The highest BCUT2D eigenvalue weighted by Gasteiger charge is 2.38. The third-order valence-corrected chi connectivity index (χ3v) is 5.66. The summed E-state index contributed by atoms with van der Waals surface area (Å²) < 4.78 is 28.7. The van der Waals surface area contributed by atoms with Crippen molar-refractivity contribution in [2.45, 2.75) is 12.5 Å². The van der Waals surface area contributed by atoms with E-state index in [-0.39, 0.29) is 0 Å². The average molecular weight is 418 g/mol. The van der Waals surface area contributed by atoms with Gasteiger partial charge in [-0.15, -0.1) is 0 Å². The number of benzene rings is 3. The van der Waals surface area contributed by atoms with Crippen LogP contribution >= 0.6 is 0 Å². The van der Waals surface area contributed by atoms with Crippen LogP contribution in [0.3, 0.4) is 0 Å². The molecule has 1 aliphatic rings. The van der Waals surface area contributed by atoms with Crippen LogP contribution in [-0.2, 0) is 10.3 Å². The van der Waals surface area contributed by atoms with E-state index in [1.165, 1.54) is 0 Å². The standard InChI is InChI=1S/C26H26O5/c1-26(19-9-7-6-8-10-19)20-16-25(30-5)24(29-4)15-18(20)14-22(31-26)17-11-12-21(27-2)23(13-17)28-3/h6-16H,1-5H3. The summed E-state index contributed by atoms with van der Waals surface area (Å²) in [6.07, 6.45) is 2.02. The maximum Gasteiger partial charge on any atom is 0.161 e. The van der Waals surface area contributed by atoms with E-state index in [1.54, 1.807) is 28.4 Å². The first kappa shape index (κ1) is 20.7. The topological polar surface area (TPSA) is 46.2 Å². The van der Waals surface area contributed by atoms with Crippen molar-refractivity contribution in [3.8, 4) is 23.0 Å². The second-order valence-corrected chi connectivity index (χ2v) is 7.37. The Balaban J connectivity index is 1.93. The first-order valence-corrected chi connectivity index (χ1v) is 9.99. The molecular weight excluding hydrogens is 392 g/mol. The van der Waals surface area contributed by atoms with Gasteiger partial charge in [0.05, 0.1) is 28.4 Å². The lowest BCUT2D eigenvalue weighted by Gasteiger charge is -2.37. The highest BCUT2D eigenvalue weighted by Crippen LogP contribution is 2.48. The summed E-state index contributed by atoms with van der Waals surface area (Å²) in [6, 6.07) is 19.9. The quantitative estimate of drug-likeness (QED) is 0.528. The summed E-state index contributed by atoms with van der Waals surface area (Å²) in [5.41, 5.74) is 3.20. The van der Waals surface area contributed by atoms with Gasteiger partial charge in [0.25, 0.3) is 0 Å². The van der Waals surface area contributed by atoms with Crippen LogP contribution < -0.4 is 18.9 Å². The second kappa shape index (κ2) is 8.26. The van der Waals surface area contributed by atoms with Crippen LogP contribution in [0.5, 0.6) is 23.0 Å². The van der Waals surface area contributed by atoms with Gasteiger partial charge in [-0.25, -0.2) is 0 Å². The van der Waals surface area contributed by atoms with Crippen molar-refractivity contribution < 1.29 is 23.7 Å². The highest BCUT2D eigenvalue weighted by atomic mass is 16.5. The highest BCUT2D eigenvalue weighted by molar-refractivity contribution is 5.83. The molecule has 5 heteroatoms. The monoisotopic (exact) mass is 418 g/mol. The predicted molar refractivity (Wildman–Crippen MR) is 121 cm³/mol. The molecule has 1 atom stereocenters. The fourth-order valence-electron chi connectivity index (χ4n) is 3.98. The van der Waals surface area contributed by atoms with Gasteiger partial charge in [0, 0.05) is 11.1 Å². The molecule has 0 N–H and O–H groups in total. The molecule has 5 nitrogen and oxygen atoms in total. The molecule has 0 saturated carbocycles. The van der Waals surface area contributed by atoms with Crippen LogP contribution in [0, 0.1) is 0 Å². The molecule has 0 amide bonds. The van der Waals surface area contributed by atoms with Gasteiger partial charge in [-0.1, -0.05) is 30.3 Å². The third-order valence-electron chi connectivity index (χ3n) is 5.66. The van der Waals surface area contributed by atoms with Crippen LogP contribution in [-0.4, -0.2) is 28.4 Å². The van der Waals surface area contributed by atoms with Crippen molar-refractivity contribution in [2.24, 2.45) is 0 Å². The lowest BCUT2D eigenvalue weighted by atomic mass is 9.82. The number of ether oxygens (including phenoxy) is 5. The van der Waals surface area contributed by atoms with E-state index in [0.29, 0.717) is 23.0 Å². The second-order valence-electron chi connectivity index (χ2n) is 7.37. The lowest BCUT2D eigenvalue weighted by Crippen LogP contribution is -2.30. The van der Waals surface area contributed by atoms with Gasteiger partial charge in [0.1, 0.15) is 5.76 Å². The van der Waals surface area contributed by atoms with Crippen LogP contribution in [0.25, 0.3) is 11.8 Å². The summed E-state index contributed by atoms with van der Waals surface area (Å²) in [4.78, 5) is 0. The zero-order valence-electron chi connectivity index (χ0n) is 18.4. The number of hydrogen-bond acceptors (Lipinski definition) is 5. The predicted octanol–water partition coefficient (Wildman–Crippen LogP) is 5.51. The molecule has 3 aromatic rings. The molecule has 0 fully saturated rings. The normalized spacial score (nSPS) is 17.1. The van der Waals surface area contributed by atoms with Crippen molar-refractivity contribution in [3.05, 3.63) is 82.9 Å². The Hall–Kier alpha value is -3.60. The SMILES string of the molecule is COc1ccc(C2=Cc3cc(OC)c(OC)cc3C(C)(c3ccccc3)O2)cc1OC. The van der Waals surface area contributed by atoms with E-state index in [0.717, 1.165) is 28.0 Å². The van der Waals surface area contributed by atoms with Gasteiger partial charge in [0.2, 0.25) is 0 Å². The fraction of sp³-hybridized carbons (Fsp3) is 0.231. The van der Waals surface area contributed by atoms with Crippen LogP contribution in [0.2, 0.25) is 0 Å². The Kier molecular flexibility index (Phi) is 5.51. The minimum Gasteiger partial charge on any atom is -0.493 e. The van der Waals surface area contributed by atoms with E-state index in [1.807, 2.05) is 54.6 Å². The van der Waals surface area contributed by atoms with Gasteiger partial charge in [-0.3, -0.25) is 0 Å². The van der Waals surface area contributed by atoms with Crippen molar-refractivity contribution in [3.63, 3.8) is 0 Å². The molecule has 0 spiro atoms. The molecule has 0 saturated heterocycles. The molecule has 31 heavy (non-hydrogen) atoms. The number of methoxy groups -OCH3 is 4. The van der Waals surface area contributed by atoms with Crippen LogP contribution in [0.4, 0.5) is 0 Å². The Bertz CT molecular complexity index is 1120. The fourth-order valence-corrected chi connectivity index (χ4v) is 3.98. The summed E-state index contributed by atoms with van der Waals surface area (Å²) >= 11 is 0. The number of fused-ring (bicyclic) bond motifs is 1. The van der Waals surface area contributed by atoms with E-state index < -0.39 is 5.60 Å². The van der Waals surface area contributed by atoms with E-state index >= 15 is 0 Å². The Morgan fingerprint density at radius 2 is 1.29 bits per heavy atom. The van der Waals surface area contributed by atoms with E-state index in [2.05, 4.69) is 19.1 Å². The van der Waals surface area contributed by atoms with Gasteiger partial charge in [0.15, 0.2) is 28.6 Å². The molecule has 0 aromatic heterocycles. The van der Waals surface area contributed by atoms with Crippen molar-refractivity contribution in [1.82, 2.24) is 0 Å². The third kappa shape index (κ3) is 3.56.